The molecule has 0 spiro atoms. The first-order valence-electron chi connectivity index (χ1n) is 12.5. The first-order valence-corrected chi connectivity index (χ1v) is 14.0. The lowest BCUT2D eigenvalue weighted by Crippen LogP contribution is -2.30. The minimum atomic E-state index is -3.14. The number of carboxylic acid groups (broad SMARTS) is 1. The summed E-state index contributed by atoms with van der Waals surface area (Å²) in [4.78, 5) is 12.3. The van der Waals surface area contributed by atoms with Crippen molar-refractivity contribution in [1.29, 1.82) is 0 Å². The molecule has 1 aliphatic rings. The van der Waals surface area contributed by atoms with Crippen LogP contribution in [0.2, 0.25) is 0 Å². The van der Waals surface area contributed by atoms with E-state index in [9.17, 15) is 19.0 Å². The second-order valence-corrected chi connectivity index (χ2v) is 11.8. The molecule has 0 saturated heterocycles. The first-order chi connectivity index (χ1) is 17.2. The molecule has 3 aromatic rings. The summed E-state index contributed by atoms with van der Waals surface area (Å²) in [5, 5.41) is 17.9. The summed E-state index contributed by atoms with van der Waals surface area (Å²) in [5.74, 6) is -0.760. The predicted octanol–water partition coefficient (Wildman–Crippen LogP) is 5.52. The molecule has 36 heavy (non-hydrogen) atoms. The van der Waals surface area contributed by atoms with Crippen molar-refractivity contribution in [2.45, 2.75) is 70.4 Å². The van der Waals surface area contributed by atoms with Gasteiger partial charge in [0.15, 0.2) is 0 Å². The fraction of sp³-hybridized carbons (Fsp3) is 0.444. The lowest BCUT2D eigenvalue weighted by atomic mass is 9.88. The Bertz CT molecular complexity index is 1210. The average molecular weight is 513 g/mol. The van der Waals surface area contributed by atoms with Gasteiger partial charge in [-0.05, 0) is 73.3 Å². The number of aromatic nitrogens is 3. The van der Waals surface area contributed by atoms with Gasteiger partial charge < -0.3 is 5.11 Å². The third kappa shape index (κ3) is 5.98. The van der Waals surface area contributed by atoms with E-state index >= 15 is 0 Å². The van der Waals surface area contributed by atoms with Crippen molar-refractivity contribution in [1.82, 2.24) is 19.3 Å². The maximum atomic E-state index is 11.7. The van der Waals surface area contributed by atoms with Crippen LogP contribution in [-0.2, 0) is 30.7 Å². The molecule has 2 atom stereocenters. The van der Waals surface area contributed by atoms with Crippen molar-refractivity contribution >= 4 is 16.7 Å². The monoisotopic (exact) mass is 512 g/mol. The molecule has 0 bridgehead atoms. The van der Waals surface area contributed by atoms with Crippen molar-refractivity contribution in [3.63, 3.8) is 0 Å². The van der Waals surface area contributed by atoms with Gasteiger partial charge in [0, 0.05) is 25.8 Å². The number of hydrogen-bond donors (Lipinski definition) is 3. The third-order valence-corrected chi connectivity index (χ3v) is 8.97. The van der Waals surface area contributed by atoms with Crippen LogP contribution in [0, 0.1) is 12.8 Å². The fourth-order valence-corrected chi connectivity index (χ4v) is 6.78. The zero-order chi connectivity index (χ0) is 25.9. The van der Waals surface area contributed by atoms with E-state index in [1.54, 1.807) is 8.99 Å². The van der Waals surface area contributed by atoms with E-state index < -0.39 is 16.7 Å². The van der Waals surface area contributed by atoms with E-state index in [1.165, 1.54) is 0 Å². The summed E-state index contributed by atoms with van der Waals surface area (Å²) in [6.45, 7) is 7.82. The second kappa shape index (κ2) is 11.1. The van der Waals surface area contributed by atoms with Crippen molar-refractivity contribution in [3.8, 4) is 0 Å². The van der Waals surface area contributed by atoms with E-state index in [-0.39, 0.29) is 18.3 Å². The van der Waals surface area contributed by atoms with Crippen LogP contribution in [0.1, 0.15) is 60.6 Å². The predicted molar refractivity (Wildman–Crippen MR) is 141 cm³/mol. The quantitative estimate of drug-likeness (QED) is 0.346. The maximum absolute atomic E-state index is 11.7. The van der Waals surface area contributed by atoms with E-state index in [0.717, 1.165) is 40.9 Å². The minimum Gasteiger partial charge on any atom is -0.481 e. The second-order valence-electron chi connectivity index (χ2n) is 9.84. The van der Waals surface area contributed by atoms with E-state index in [0.29, 0.717) is 30.8 Å². The number of rotatable bonds is 9. The van der Waals surface area contributed by atoms with Gasteiger partial charge in [-0.15, -0.1) is 15.9 Å². The van der Waals surface area contributed by atoms with Crippen LogP contribution in [0.15, 0.2) is 53.6 Å². The van der Waals surface area contributed by atoms with Crippen LogP contribution in [0.25, 0.3) is 0 Å². The van der Waals surface area contributed by atoms with Crippen molar-refractivity contribution in [3.05, 3.63) is 76.6 Å². The topological polar surface area (TPSA) is 112 Å². The number of hydrogen-bond acceptors (Lipinski definition) is 6. The summed E-state index contributed by atoms with van der Waals surface area (Å²) < 4.78 is 26.2. The van der Waals surface area contributed by atoms with Gasteiger partial charge >= 0.3 is 5.97 Å². The van der Waals surface area contributed by atoms with E-state index in [2.05, 4.69) is 17.2 Å². The molecular weight excluding hydrogens is 476 g/mol. The number of carbonyl (C=O) groups is 1. The molecule has 0 fully saturated rings. The largest absolute Gasteiger partial charge is 0.481 e. The van der Waals surface area contributed by atoms with Gasteiger partial charge in [-0.25, -0.2) is 0 Å². The lowest BCUT2D eigenvalue weighted by Gasteiger charge is -2.43. The Morgan fingerprint density at radius 1 is 1.22 bits per heavy atom. The summed E-state index contributed by atoms with van der Waals surface area (Å²) >= 11 is 0. The number of aryl methyl sites for hydroxylation is 3. The summed E-state index contributed by atoms with van der Waals surface area (Å²) in [7, 11) is -3.14. The van der Waals surface area contributed by atoms with Crippen molar-refractivity contribution in [2.24, 2.45) is 5.92 Å². The molecule has 9 heteroatoms. The van der Waals surface area contributed by atoms with E-state index in [1.807, 2.05) is 62.5 Å². The van der Waals surface area contributed by atoms with Gasteiger partial charge in [-0.3, -0.25) is 18.6 Å². The molecule has 1 aliphatic heterocycles. The molecule has 4 rings (SSSR count). The molecule has 0 saturated carbocycles. The molecular formula is C27H36N4O4S. The highest BCUT2D eigenvalue weighted by Gasteiger charge is 2.33. The van der Waals surface area contributed by atoms with Crippen LogP contribution in [0.5, 0.6) is 0 Å². The number of fused-ring (bicyclic) bond motifs is 1. The highest BCUT2D eigenvalue weighted by atomic mass is 32.3. The zero-order valence-corrected chi connectivity index (χ0v) is 22.0. The fourth-order valence-electron chi connectivity index (χ4n) is 4.96. The van der Waals surface area contributed by atoms with Gasteiger partial charge in [-0.1, -0.05) is 48.5 Å². The molecule has 1 unspecified atom stereocenters. The van der Waals surface area contributed by atoms with Crippen LogP contribution < -0.4 is 0 Å². The molecule has 8 nitrogen and oxygen atoms in total. The van der Waals surface area contributed by atoms with Crippen LogP contribution in [0.3, 0.4) is 0 Å². The van der Waals surface area contributed by atoms with Gasteiger partial charge in [0.1, 0.15) is 0 Å². The van der Waals surface area contributed by atoms with Crippen LogP contribution >= 0.6 is 10.8 Å². The third-order valence-electron chi connectivity index (χ3n) is 6.98. The van der Waals surface area contributed by atoms with Crippen molar-refractivity contribution < 1.29 is 19.0 Å². The Balaban J connectivity index is 1.59. The summed E-state index contributed by atoms with van der Waals surface area (Å²) in [5.41, 5.74) is 4.80. The molecule has 1 aromatic heterocycles. The molecule has 0 radical (unpaired) electrons. The van der Waals surface area contributed by atoms with Crippen molar-refractivity contribution in [2.75, 3.05) is 6.54 Å². The Morgan fingerprint density at radius 2 is 2.00 bits per heavy atom. The van der Waals surface area contributed by atoms with Gasteiger partial charge in [-0.2, -0.15) is 4.31 Å². The Morgan fingerprint density at radius 3 is 2.72 bits per heavy atom. The maximum Gasteiger partial charge on any atom is 0.303 e. The first kappa shape index (κ1) is 26.3. The SMILES string of the molecule is CCn1cc(CCC(CC(=O)O)c2ccc(C)c(CN3C[C@H](C)Cc4ccccc4S3(O)O)c2)nn1. The number of benzene rings is 2. The number of aliphatic carboxylic acids is 1. The molecule has 2 heterocycles. The molecule has 194 valence electrons. The average Bonchev–Trinajstić information content (AvgIpc) is 3.27. The standard InChI is InChI=1S/C27H36N4O4S/c1-4-30-18-25(28-29-30)12-11-22(15-27(32)33)21-10-9-20(3)24(14-21)17-31-16-19(2)13-23-7-5-6-8-26(23)36(31,34)35/h5-10,14,18-19,22,34-35H,4,11-13,15-17H2,1-3H3,(H,32,33)/t19-,22?/m1/s1. The summed E-state index contributed by atoms with van der Waals surface area (Å²) in [6.07, 6.45) is 4.00. The smallest absolute Gasteiger partial charge is 0.303 e. The van der Waals surface area contributed by atoms with Gasteiger partial charge in [0.2, 0.25) is 0 Å². The van der Waals surface area contributed by atoms with Gasteiger partial charge in [0.05, 0.1) is 17.0 Å². The van der Waals surface area contributed by atoms with Gasteiger partial charge in [0.25, 0.3) is 0 Å². The van der Waals surface area contributed by atoms with Crippen LogP contribution in [-0.4, -0.2) is 46.0 Å². The highest BCUT2D eigenvalue weighted by Crippen LogP contribution is 2.55. The van der Waals surface area contributed by atoms with E-state index in [4.69, 9.17) is 0 Å². The molecule has 3 N–H and O–H groups in total. The number of carboxylic acids is 1. The minimum absolute atomic E-state index is 0.0216. The Kier molecular flexibility index (Phi) is 8.14. The highest BCUT2D eigenvalue weighted by molar-refractivity contribution is 8.22. The molecule has 0 amide bonds. The molecule has 0 aliphatic carbocycles. The Hall–Kier alpha value is -2.72. The normalized spacial score (nSPS) is 19.3. The van der Waals surface area contributed by atoms with Crippen LogP contribution in [0.4, 0.5) is 0 Å². The number of nitrogens with zero attached hydrogens (tertiary/aromatic N) is 4. The Labute approximate surface area is 214 Å². The lowest BCUT2D eigenvalue weighted by molar-refractivity contribution is -0.137. The summed E-state index contributed by atoms with van der Waals surface area (Å²) in [6, 6.07) is 13.6. The zero-order valence-electron chi connectivity index (χ0n) is 21.2. The molecule has 2 aromatic carbocycles.